The van der Waals surface area contributed by atoms with E-state index in [2.05, 4.69) is 13.8 Å². The fourth-order valence-corrected chi connectivity index (χ4v) is 3.74. The summed E-state index contributed by atoms with van der Waals surface area (Å²) >= 11 is 0. The molecule has 0 radical (unpaired) electrons. The Kier molecular flexibility index (Phi) is 22.4. The maximum atomic E-state index is 11.8. The topological polar surface area (TPSA) is 17.1 Å². The summed E-state index contributed by atoms with van der Waals surface area (Å²) in [7, 11) is 0. The molecule has 0 fully saturated rings. The first-order valence-electron chi connectivity index (χ1n) is 12.3. The minimum atomic E-state index is 0.506. The monoisotopic (exact) mass is 366 g/mol. The van der Waals surface area contributed by atoms with E-state index in [0.29, 0.717) is 5.78 Å². The van der Waals surface area contributed by atoms with Gasteiger partial charge in [0.2, 0.25) is 0 Å². The summed E-state index contributed by atoms with van der Waals surface area (Å²) in [5.74, 6) is 0.506. The maximum absolute atomic E-state index is 11.8. The molecule has 0 amide bonds. The Labute approximate surface area is 166 Å². The number of rotatable bonds is 22. The molecule has 1 heteroatoms. The Balaban J connectivity index is 3.07. The van der Waals surface area contributed by atoms with Gasteiger partial charge >= 0.3 is 0 Å². The molecular formula is C25H50O. The molecule has 0 atom stereocenters. The van der Waals surface area contributed by atoms with E-state index in [0.717, 1.165) is 25.7 Å². The second-order valence-electron chi connectivity index (χ2n) is 8.40. The van der Waals surface area contributed by atoms with Crippen LogP contribution in [0.1, 0.15) is 155 Å². The summed E-state index contributed by atoms with van der Waals surface area (Å²) in [6.45, 7) is 4.51. The number of unbranched alkanes of at least 4 members (excludes halogenated alkanes) is 18. The lowest BCUT2D eigenvalue weighted by Crippen LogP contribution is -1.97. The first-order valence-corrected chi connectivity index (χ1v) is 12.3. The van der Waals surface area contributed by atoms with Crippen molar-refractivity contribution >= 4 is 5.78 Å². The Bertz CT molecular complexity index is 271. The van der Waals surface area contributed by atoms with E-state index in [-0.39, 0.29) is 0 Å². The summed E-state index contributed by atoms with van der Waals surface area (Å²) in [5, 5.41) is 0. The van der Waals surface area contributed by atoms with Crippen molar-refractivity contribution in [3.8, 4) is 0 Å². The highest BCUT2D eigenvalue weighted by atomic mass is 16.1. The van der Waals surface area contributed by atoms with E-state index in [9.17, 15) is 4.79 Å². The molecule has 0 aromatic heterocycles. The van der Waals surface area contributed by atoms with Gasteiger partial charge in [0.05, 0.1) is 0 Å². The van der Waals surface area contributed by atoms with E-state index in [4.69, 9.17) is 0 Å². The van der Waals surface area contributed by atoms with Crippen LogP contribution >= 0.6 is 0 Å². The van der Waals surface area contributed by atoms with Gasteiger partial charge in [-0.1, -0.05) is 129 Å². The molecule has 0 aliphatic rings. The predicted octanol–water partition coefficient (Wildman–Crippen LogP) is 9.18. The van der Waals surface area contributed by atoms with E-state index >= 15 is 0 Å². The second kappa shape index (κ2) is 22.7. The van der Waals surface area contributed by atoms with Gasteiger partial charge in [0.25, 0.3) is 0 Å². The summed E-state index contributed by atoms with van der Waals surface area (Å²) in [6, 6.07) is 0. The molecule has 0 aliphatic heterocycles. The molecule has 1 nitrogen and oxygen atoms in total. The van der Waals surface area contributed by atoms with Crippen LogP contribution < -0.4 is 0 Å². The normalized spacial score (nSPS) is 11.2. The Hall–Kier alpha value is -0.330. The Morgan fingerprint density at radius 3 is 0.923 bits per heavy atom. The Morgan fingerprint density at radius 1 is 0.385 bits per heavy atom. The average Bonchev–Trinajstić information content (AvgIpc) is 2.65. The largest absolute Gasteiger partial charge is 0.300 e. The third kappa shape index (κ3) is 21.7. The van der Waals surface area contributed by atoms with Crippen LogP contribution in [0, 0.1) is 0 Å². The molecule has 156 valence electrons. The highest BCUT2D eigenvalue weighted by molar-refractivity contribution is 5.78. The number of Topliss-reactive ketones (excluding diaryl/α,β-unsaturated/α-hetero) is 1. The molecule has 0 aromatic carbocycles. The lowest BCUT2D eigenvalue weighted by molar-refractivity contribution is -0.119. The molecule has 26 heavy (non-hydrogen) atoms. The van der Waals surface area contributed by atoms with Crippen molar-refractivity contribution < 1.29 is 4.79 Å². The minimum Gasteiger partial charge on any atom is -0.300 e. The molecular weight excluding hydrogens is 316 g/mol. The van der Waals surface area contributed by atoms with E-state index in [1.807, 2.05) is 0 Å². The number of hydrogen-bond acceptors (Lipinski definition) is 1. The zero-order valence-corrected chi connectivity index (χ0v) is 18.5. The summed E-state index contributed by atoms with van der Waals surface area (Å²) in [5.41, 5.74) is 0. The molecule has 0 N–H and O–H groups in total. The third-order valence-electron chi connectivity index (χ3n) is 5.62. The van der Waals surface area contributed by atoms with Crippen LogP contribution in [0.3, 0.4) is 0 Å². The van der Waals surface area contributed by atoms with Crippen LogP contribution in [0.4, 0.5) is 0 Å². The Morgan fingerprint density at radius 2 is 0.615 bits per heavy atom. The fourth-order valence-electron chi connectivity index (χ4n) is 3.74. The van der Waals surface area contributed by atoms with Crippen molar-refractivity contribution in [3.63, 3.8) is 0 Å². The fraction of sp³-hybridized carbons (Fsp3) is 0.960. The standard InChI is InChI=1S/C25H50O/c1-3-5-7-9-10-11-12-13-14-15-16-17-18-19-20-22-24-25(26)23-21-8-6-4-2/h3-24H2,1-2H3. The minimum absolute atomic E-state index is 0.506. The summed E-state index contributed by atoms with van der Waals surface area (Å²) in [4.78, 5) is 11.8. The number of carbonyl (C=O) groups is 1. The molecule has 0 rings (SSSR count). The second-order valence-corrected chi connectivity index (χ2v) is 8.40. The van der Waals surface area contributed by atoms with Crippen LogP contribution in [0.5, 0.6) is 0 Å². The molecule has 0 heterocycles. The van der Waals surface area contributed by atoms with Gasteiger partial charge in [-0.05, 0) is 12.8 Å². The average molecular weight is 367 g/mol. The van der Waals surface area contributed by atoms with Crippen molar-refractivity contribution in [2.45, 2.75) is 155 Å². The predicted molar refractivity (Wildman–Crippen MR) is 118 cm³/mol. The van der Waals surface area contributed by atoms with Crippen molar-refractivity contribution in [3.05, 3.63) is 0 Å². The van der Waals surface area contributed by atoms with Crippen molar-refractivity contribution in [2.75, 3.05) is 0 Å². The third-order valence-corrected chi connectivity index (χ3v) is 5.62. The number of ketones is 1. The molecule has 0 aromatic rings. The lowest BCUT2D eigenvalue weighted by Gasteiger charge is -2.04. The zero-order chi connectivity index (χ0) is 19.1. The molecule has 0 bridgehead atoms. The van der Waals surface area contributed by atoms with Crippen LogP contribution in [0.25, 0.3) is 0 Å². The van der Waals surface area contributed by atoms with Crippen LogP contribution in [0.2, 0.25) is 0 Å². The van der Waals surface area contributed by atoms with Gasteiger partial charge in [0.1, 0.15) is 5.78 Å². The SMILES string of the molecule is CCCCCCCCCCCCCCCCCCC(=O)CCCCCC. The van der Waals surface area contributed by atoms with Crippen molar-refractivity contribution in [1.29, 1.82) is 0 Å². The van der Waals surface area contributed by atoms with Gasteiger partial charge in [0, 0.05) is 12.8 Å². The quantitative estimate of drug-likeness (QED) is 0.174. The molecule has 0 spiro atoms. The highest BCUT2D eigenvalue weighted by Crippen LogP contribution is 2.14. The van der Waals surface area contributed by atoms with Crippen LogP contribution in [0.15, 0.2) is 0 Å². The maximum Gasteiger partial charge on any atom is 0.132 e. The first-order chi connectivity index (χ1) is 12.8. The lowest BCUT2D eigenvalue weighted by atomic mass is 10.0. The van der Waals surface area contributed by atoms with Gasteiger partial charge in [-0.15, -0.1) is 0 Å². The van der Waals surface area contributed by atoms with E-state index in [1.54, 1.807) is 0 Å². The van der Waals surface area contributed by atoms with Gasteiger partial charge in [-0.25, -0.2) is 0 Å². The number of hydrogen-bond donors (Lipinski definition) is 0. The van der Waals surface area contributed by atoms with Gasteiger partial charge < -0.3 is 0 Å². The van der Waals surface area contributed by atoms with E-state index in [1.165, 1.54) is 116 Å². The number of carbonyl (C=O) groups excluding carboxylic acids is 1. The summed E-state index contributed by atoms with van der Waals surface area (Å²) < 4.78 is 0. The molecule has 0 aliphatic carbocycles. The van der Waals surface area contributed by atoms with Crippen molar-refractivity contribution in [1.82, 2.24) is 0 Å². The summed E-state index contributed by atoms with van der Waals surface area (Å²) in [6.07, 6.45) is 28.9. The smallest absolute Gasteiger partial charge is 0.132 e. The van der Waals surface area contributed by atoms with E-state index < -0.39 is 0 Å². The van der Waals surface area contributed by atoms with Crippen LogP contribution in [-0.4, -0.2) is 5.78 Å². The van der Waals surface area contributed by atoms with Crippen molar-refractivity contribution in [2.24, 2.45) is 0 Å². The van der Waals surface area contributed by atoms with Gasteiger partial charge in [0.15, 0.2) is 0 Å². The highest BCUT2D eigenvalue weighted by Gasteiger charge is 2.01. The van der Waals surface area contributed by atoms with Crippen LogP contribution in [-0.2, 0) is 4.79 Å². The zero-order valence-electron chi connectivity index (χ0n) is 18.5. The van der Waals surface area contributed by atoms with Gasteiger partial charge in [-0.2, -0.15) is 0 Å². The molecule has 0 saturated heterocycles. The van der Waals surface area contributed by atoms with Gasteiger partial charge in [-0.3, -0.25) is 4.79 Å². The first kappa shape index (κ1) is 25.7. The molecule has 0 saturated carbocycles. The molecule has 0 unspecified atom stereocenters.